The highest BCUT2D eigenvalue weighted by Gasteiger charge is 2.31. The van der Waals surface area contributed by atoms with Crippen molar-refractivity contribution in [2.24, 2.45) is 5.92 Å². The molecule has 6 nitrogen and oxygen atoms in total. The third-order valence-electron chi connectivity index (χ3n) is 3.70. The van der Waals surface area contributed by atoms with Crippen LogP contribution in [0.3, 0.4) is 0 Å². The van der Waals surface area contributed by atoms with Crippen molar-refractivity contribution in [1.29, 1.82) is 0 Å². The van der Waals surface area contributed by atoms with Gasteiger partial charge in [-0.3, -0.25) is 10.1 Å². The van der Waals surface area contributed by atoms with Crippen molar-refractivity contribution in [3.63, 3.8) is 0 Å². The topological polar surface area (TPSA) is 73.2 Å². The van der Waals surface area contributed by atoms with Crippen LogP contribution in [0.5, 0.6) is 0 Å². The first-order valence-electron chi connectivity index (χ1n) is 7.65. The highest BCUT2D eigenvalue weighted by atomic mass is 16.5. The maximum atomic E-state index is 12.4. The maximum absolute atomic E-state index is 12.4. The van der Waals surface area contributed by atoms with Gasteiger partial charge in [0, 0.05) is 25.4 Å². The quantitative estimate of drug-likeness (QED) is 0.879. The Bertz CT molecular complexity index is 736. The Hall–Kier alpha value is -2.63. The second-order valence-corrected chi connectivity index (χ2v) is 6.04. The van der Waals surface area contributed by atoms with E-state index in [1.807, 2.05) is 22.9 Å². The van der Waals surface area contributed by atoms with Crippen molar-refractivity contribution in [2.75, 3.05) is 5.32 Å². The van der Waals surface area contributed by atoms with Gasteiger partial charge in [0.05, 0.1) is 5.56 Å². The molecule has 0 aliphatic carbocycles. The standard InChI is InChI=1S/C17H19N3O3/c1-11(2)10-20-8-7-18-17(20)19-15(21)14-9-12-5-3-4-6-13(12)16(22)23-14/h3-8,11,14H,9-10H2,1-2H3,(H,18,19,21). The Kier molecular flexibility index (Phi) is 4.14. The monoisotopic (exact) mass is 313 g/mol. The number of aromatic nitrogens is 2. The van der Waals surface area contributed by atoms with Crippen LogP contribution in [0.25, 0.3) is 0 Å². The van der Waals surface area contributed by atoms with Crippen LogP contribution in [0.4, 0.5) is 5.95 Å². The summed E-state index contributed by atoms with van der Waals surface area (Å²) >= 11 is 0. The fourth-order valence-corrected chi connectivity index (χ4v) is 2.64. The first-order valence-corrected chi connectivity index (χ1v) is 7.65. The minimum atomic E-state index is -0.832. The third kappa shape index (κ3) is 3.26. The van der Waals surface area contributed by atoms with Crippen LogP contribution in [0, 0.1) is 5.92 Å². The van der Waals surface area contributed by atoms with Crippen LogP contribution in [0.1, 0.15) is 29.8 Å². The zero-order valence-corrected chi connectivity index (χ0v) is 13.2. The number of anilines is 1. The summed E-state index contributed by atoms with van der Waals surface area (Å²) in [6.07, 6.45) is 3.00. The van der Waals surface area contributed by atoms with Crippen molar-refractivity contribution in [3.8, 4) is 0 Å². The van der Waals surface area contributed by atoms with Gasteiger partial charge in [0.25, 0.3) is 5.91 Å². The van der Waals surface area contributed by atoms with E-state index < -0.39 is 12.1 Å². The Morgan fingerprint density at radius 2 is 2.22 bits per heavy atom. The van der Waals surface area contributed by atoms with E-state index >= 15 is 0 Å². The average molecular weight is 313 g/mol. The number of rotatable bonds is 4. The number of carbonyl (C=O) groups excluding carboxylic acids is 2. The molecule has 0 radical (unpaired) electrons. The van der Waals surface area contributed by atoms with Crippen LogP contribution in [-0.4, -0.2) is 27.5 Å². The molecule has 1 N–H and O–H groups in total. The van der Waals surface area contributed by atoms with Crippen LogP contribution in [0.2, 0.25) is 0 Å². The van der Waals surface area contributed by atoms with Gasteiger partial charge in [-0.15, -0.1) is 0 Å². The van der Waals surface area contributed by atoms with Crippen molar-refractivity contribution >= 4 is 17.8 Å². The van der Waals surface area contributed by atoms with E-state index in [2.05, 4.69) is 24.1 Å². The molecular formula is C17H19N3O3. The van der Waals surface area contributed by atoms with Crippen LogP contribution < -0.4 is 5.32 Å². The molecule has 1 aliphatic rings. The van der Waals surface area contributed by atoms with Gasteiger partial charge in [-0.25, -0.2) is 9.78 Å². The molecule has 0 fully saturated rings. The molecule has 1 aliphatic heterocycles. The minimum absolute atomic E-state index is 0.357. The number of hydrogen-bond acceptors (Lipinski definition) is 4. The van der Waals surface area contributed by atoms with Crippen LogP contribution in [-0.2, 0) is 22.5 Å². The zero-order chi connectivity index (χ0) is 16.4. The number of amides is 1. The molecule has 2 aromatic rings. The van der Waals surface area contributed by atoms with Gasteiger partial charge in [-0.05, 0) is 17.5 Å². The van der Waals surface area contributed by atoms with Gasteiger partial charge < -0.3 is 9.30 Å². The molecule has 23 heavy (non-hydrogen) atoms. The van der Waals surface area contributed by atoms with Crippen molar-refractivity contribution in [3.05, 3.63) is 47.8 Å². The largest absolute Gasteiger partial charge is 0.448 e. The van der Waals surface area contributed by atoms with E-state index in [0.29, 0.717) is 23.9 Å². The molecule has 1 aromatic carbocycles. The number of benzene rings is 1. The molecule has 0 saturated heterocycles. The van der Waals surface area contributed by atoms with Crippen molar-refractivity contribution < 1.29 is 14.3 Å². The van der Waals surface area contributed by atoms with Gasteiger partial charge in [-0.2, -0.15) is 0 Å². The molecule has 1 amide bonds. The molecule has 0 bridgehead atoms. The summed E-state index contributed by atoms with van der Waals surface area (Å²) in [5.74, 6) is 0.0828. The highest BCUT2D eigenvalue weighted by molar-refractivity contribution is 5.99. The lowest BCUT2D eigenvalue weighted by atomic mass is 9.98. The third-order valence-corrected chi connectivity index (χ3v) is 3.70. The fourth-order valence-electron chi connectivity index (χ4n) is 2.64. The summed E-state index contributed by atoms with van der Waals surface area (Å²) in [5, 5.41) is 2.75. The predicted octanol–water partition coefficient (Wildman–Crippen LogP) is 2.26. The molecule has 0 saturated carbocycles. The summed E-state index contributed by atoms with van der Waals surface area (Å²) in [5.41, 5.74) is 1.35. The Labute approximate surface area is 134 Å². The SMILES string of the molecule is CC(C)Cn1ccnc1NC(=O)C1Cc2ccccc2C(=O)O1. The number of nitrogens with one attached hydrogen (secondary N) is 1. The van der Waals surface area contributed by atoms with Gasteiger partial charge in [0.2, 0.25) is 5.95 Å². The number of ether oxygens (including phenoxy) is 1. The van der Waals surface area contributed by atoms with Gasteiger partial charge in [0.15, 0.2) is 6.10 Å². The van der Waals surface area contributed by atoms with E-state index in [0.717, 1.165) is 12.1 Å². The van der Waals surface area contributed by atoms with E-state index in [1.54, 1.807) is 18.3 Å². The predicted molar refractivity (Wildman–Crippen MR) is 85.0 cm³/mol. The number of fused-ring (bicyclic) bond motifs is 1. The Balaban J connectivity index is 1.73. The van der Waals surface area contributed by atoms with Crippen molar-refractivity contribution in [1.82, 2.24) is 9.55 Å². The Morgan fingerprint density at radius 3 is 3.00 bits per heavy atom. The highest BCUT2D eigenvalue weighted by Crippen LogP contribution is 2.21. The fraction of sp³-hybridized carbons (Fsp3) is 0.353. The molecule has 3 rings (SSSR count). The van der Waals surface area contributed by atoms with E-state index in [1.165, 1.54) is 0 Å². The second-order valence-electron chi connectivity index (χ2n) is 6.04. The summed E-state index contributed by atoms with van der Waals surface area (Å²) < 4.78 is 7.13. The number of imidazole rings is 1. The van der Waals surface area contributed by atoms with Crippen LogP contribution >= 0.6 is 0 Å². The molecule has 1 unspecified atom stereocenters. The first kappa shape index (κ1) is 15.3. The van der Waals surface area contributed by atoms with Gasteiger partial charge in [0.1, 0.15) is 0 Å². The molecule has 120 valence electrons. The molecule has 6 heteroatoms. The van der Waals surface area contributed by atoms with Gasteiger partial charge >= 0.3 is 5.97 Å². The lowest BCUT2D eigenvalue weighted by Gasteiger charge is -2.23. The number of carbonyl (C=O) groups is 2. The van der Waals surface area contributed by atoms with E-state index in [-0.39, 0.29) is 5.91 Å². The van der Waals surface area contributed by atoms with Crippen LogP contribution in [0.15, 0.2) is 36.7 Å². The molecule has 0 spiro atoms. The second kappa shape index (κ2) is 6.24. The minimum Gasteiger partial charge on any atom is -0.448 e. The van der Waals surface area contributed by atoms with Crippen molar-refractivity contribution in [2.45, 2.75) is 32.9 Å². The Morgan fingerprint density at radius 1 is 1.43 bits per heavy atom. The summed E-state index contributed by atoms with van der Waals surface area (Å²) in [4.78, 5) is 28.6. The van der Waals surface area contributed by atoms with Gasteiger partial charge in [-0.1, -0.05) is 32.0 Å². The summed E-state index contributed by atoms with van der Waals surface area (Å²) in [6.45, 7) is 4.93. The number of hydrogen-bond donors (Lipinski definition) is 1. The number of esters is 1. The molecule has 1 aromatic heterocycles. The summed E-state index contributed by atoms with van der Waals surface area (Å²) in [6, 6.07) is 7.18. The van der Waals surface area contributed by atoms with E-state index in [4.69, 9.17) is 4.74 Å². The average Bonchev–Trinajstić information content (AvgIpc) is 2.93. The zero-order valence-electron chi connectivity index (χ0n) is 13.2. The number of cyclic esters (lactones) is 1. The smallest absolute Gasteiger partial charge is 0.339 e. The lowest BCUT2D eigenvalue weighted by molar-refractivity contribution is -0.125. The number of nitrogens with zero attached hydrogens (tertiary/aromatic N) is 2. The summed E-state index contributed by atoms with van der Waals surface area (Å²) in [7, 11) is 0. The molecule has 2 heterocycles. The normalized spacial score (nSPS) is 16.8. The first-order chi connectivity index (χ1) is 11.0. The molecular weight excluding hydrogens is 294 g/mol. The molecule has 1 atom stereocenters. The van der Waals surface area contributed by atoms with E-state index in [9.17, 15) is 9.59 Å². The maximum Gasteiger partial charge on any atom is 0.339 e. The lowest BCUT2D eigenvalue weighted by Crippen LogP contribution is -2.38.